The van der Waals surface area contributed by atoms with Gasteiger partial charge in [0, 0.05) is 18.0 Å². The van der Waals surface area contributed by atoms with Gasteiger partial charge in [0.15, 0.2) is 0 Å². The van der Waals surface area contributed by atoms with Gasteiger partial charge in [-0.2, -0.15) is 0 Å². The Morgan fingerprint density at radius 2 is 2.06 bits per heavy atom. The SMILES string of the molecule is COc1ccccc1C(CCC(=O)O)N(C)C. The molecule has 17 heavy (non-hydrogen) atoms. The molecular formula is C13H19NO3. The van der Waals surface area contributed by atoms with Crippen molar-refractivity contribution >= 4 is 5.97 Å². The van der Waals surface area contributed by atoms with Gasteiger partial charge in [0.1, 0.15) is 5.75 Å². The molecule has 0 aliphatic carbocycles. The van der Waals surface area contributed by atoms with Crippen molar-refractivity contribution in [2.75, 3.05) is 21.2 Å². The Kier molecular flexibility index (Phi) is 4.97. The van der Waals surface area contributed by atoms with Crippen LogP contribution in [-0.2, 0) is 4.79 Å². The lowest BCUT2D eigenvalue weighted by Gasteiger charge is -2.25. The number of hydrogen-bond acceptors (Lipinski definition) is 3. The first-order valence-corrected chi connectivity index (χ1v) is 5.57. The van der Waals surface area contributed by atoms with Gasteiger partial charge in [-0.1, -0.05) is 18.2 Å². The van der Waals surface area contributed by atoms with E-state index < -0.39 is 5.97 Å². The van der Waals surface area contributed by atoms with Gasteiger partial charge in [0.05, 0.1) is 7.11 Å². The van der Waals surface area contributed by atoms with Gasteiger partial charge in [0.2, 0.25) is 0 Å². The van der Waals surface area contributed by atoms with Crippen LogP contribution < -0.4 is 4.74 Å². The number of ether oxygens (including phenoxy) is 1. The molecule has 1 unspecified atom stereocenters. The number of carbonyl (C=O) groups is 1. The van der Waals surface area contributed by atoms with Crippen LogP contribution in [0, 0.1) is 0 Å². The van der Waals surface area contributed by atoms with Gasteiger partial charge in [-0.15, -0.1) is 0 Å². The molecular weight excluding hydrogens is 218 g/mol. The predicted molar refractivity (Wildman–Crippen MR) is 66.3 cm³/mol. The van der Waals surface area contributed by atoms with Crippen LogP contribution in [0.15, 0.2) is 24.3 Å². The number of aliphatic carboxylic acids is 1. The van der Waals surface area contributed by atoms with E-state index in [-0.39, 0.29) is 12.5 Å². The first-order valence-electron chi connectivity index (χ1n) is 5.57. The third-order valence-electron chi connectivity index (χ3n) is 2.75. The summed E-state index contributed by atoms with van der Waals surface area (Å²) in [4.78, 5) is 12.7. The van der Waals surface area contributed by atoms with Crippen LogP contribution in [-0.4, -0.2) is 37.2 Å². The maximum absolute atomic E-state index is 10.7. The van der Waals surface area contributed by atoms with Crippen LogP contribution >= 0.6 is 0 Å². The van der Waals surface area contributed by atoms with Gasteiger partial charge in [-0.3, -0.25) is 4.79 Å². The lowest BCUT2D eigenvalue weighted by molar-refractivity contribution is -0.137. The molecule has 1 aromatic carbocycles. The third-order valence-corrected chi connectivity index (χ3v) is 2.75. The summed E-state index contributed by atoms with van der Waals surface area (Å²) in [7, 11) is 5.51. The van der Waals surface area contributed by atoms with E-state index in [1.807, 2.05) is 43.3 Å². The highest BCUT2D eigenvalue weighted by atomic mass is 16.5. The highest BCUT2D eigenvalue weighted by Gasteiger charge is 2.18. The summed E-state index contributed by atoms with van der Waals surface area (Å²) in [5.41, 5.74) is 1.03. The second kappa shape index (κ2) is 6.25. The molecule has 4 heteroatoms. The highest BCUT2D eigenvalue weighted by molar-refractivity contribution is 5.66. The molecule has 0 saturated heterocycles. The summed E-state index contributed by atoms with van der Waals surface area (Å²) in [5, 5.41) is 8.77. The Hall–Kier alpha value is -1.55. The minimum absolute atomic E-state index is 0.0576. The van der Waals surface area contributed by atoms with Crippen LogP contribution in [0.4, 0.5) is 0 Å². The quantitative estimate of drug-likeness (QED) is 0.823. The number of hydrogen-bond donors (Lipinski definition) is 1. The lowest BCUT2D eigenvalue weighted by atomic mass is 10.00. The molecule has 0 radical (unpaired) electrons. The number of rotatable bonds is 6. The zero-order valence-corrected chi connectivity index (χ0v) is 10.5. The molecule has 1 aromatic rings. The summed E-state index contributed by atoms with van der Waals surface area (Å²) in [6.07, 6.45) is 0.726. The largest absolute Gasteiger partial charge is 0.496 e. The van der Waals surface area contributed by atoms with Crippen molar-refractivity contribution in [3.05, 3.63) is 29.8 Å². The molecule has 0 saturated carbocycles. The van der Waals surface area contributed by atoms with Gasteiger partial charge >= 0.3 is 5.97 Å². The molecule has 1 N–H and O–H groups in total. The third kappa shape index (κ3) is 3.75. The van der Waals surface area contributed by atoms with Crippen LogP contribution in [0.25, 0.3) is 0 Å². The number of para-hydroxylation sites is 1. The minimum atomic E-state index is -0.772. The number of nitrogens with zero attached hydrogens (tertiary/aromatic N) is 1. The first kappa shape index (κ1) is 13.5. The molecule has 4 nitrogen and oxygen atoms in total. The first-order chi connectivity index (χ1) is 8.06. The minimum Gasteiger partial charge on any atom is -0.496 e. The zero-order valence-electron chi connectivity index (χ0n) is 10.5. The number of benzene rings is 1. The van der Waals surface area contributed by atoms with E-state index in [1.165, 1.54) is 0 Å². The number of carboxylic acids is 1. The standard InChI is InChI=1S/C13H19NO3/c1-14(2)11(8-9-13(15)16)10-6-4-5-7-12(10)17-3/h4-7,11H,8-9H2,1-3H3,(H,15,16). The van der Waals surface area contributed by atoms with Crippen molar-refractivity contribution in [2.24, 2.45) is 0 Å². The summed E-state index contributed by atoms with van der Waals surface area (Å²) in [6, 6.07) is 7.78. The van der Waals surface area contributed by atoms with Crippen LogP contribution in [0.1, 0.15) is 24.4 Å². The normalized spacial score (nSPS) is 12.5. The van der Waals surface area contributed by atoms with Crippen molar-refractivity contribution in [2.45, 2.75) is 18.9 Å². The maximum Gasteiger partial charge on any atom is 0.303 e. The Morgan fingerprint density at radius 3 is 2.59 bits per heavy atom. The maximum atomic E-state index is 10.7. The number of methoxy groups -OCH3 is 1. The van der Waals surface area contributed by atoms with E-state index in [0.717, 1.165) is 11.3 Å². The molecule has 0 spiro atoms. The molecule has 1 rings (SSSR count). The van der Waals surface area contributed by atoms with Crippen molar-refractivity contribution < 1.29 is 14.6 Å². The van der Waals surface area contributed by atoms with Gasteiger partial charge in [-0.25, -0.2) is 0 Å². The molecule has 0 aliphatic rings. The van der Waals surface area contributed by atoms with E-state index in [4.69, 9.17) is 9.84 Å². The summed E-state index contributed by atoms with van der Waals surface area (Å²) < 4.78 is 5.31. The van der Waals surface area contributed by atoms with Gasteiger partial charge < -0.3 is 14.7 Å². The van der Waals surface area contributed by atoms with Gasteiger partial charge in [-0.05, 0) is 26.6 Å². The van der Waals surface area contributed by atoms with E-state index in [0.29, 0.717) is 6.42 Å². The van der Waals surface area contributed by atoms with Crippen LogP contribution in [0.5, 0.6) is 5.75 Å². The smallest absolute Gasteiger partial charge is 0.303 e. The Labute approximate surface area is 102 Å². The van der Waals surface area contributed by atoms with Gasteiger partial charge in [0.25, 0.3) is 0 Å². The average Bonchev–Trinajstić information content (AvgIpc) is 2.29. The zero-order chi connectivity index (χ0) is 12.8. The van der Waals surface area contributed by atoms with E-state index >= 15 is 0 Å². The fraction of sp³-hybridized carbons (Fsp3) is 0.462. The average molecular weight is 237 g/mol. The van der Waals surface area contributed by atoms with Crippen molar-refractivity contribution in [1.29, 1.82) is 0 Å². The Morgan fingerprint density at radius 1 is 1.41 bits per heavy atom. The predicted octanol–water partition coefficient (Wildman–Crippen LogP) is 2.16. The van der Waals surface area contributed by atoms with Crippen LogP contribution in [0.3, 0.4) is 0 Å². The van der Waals surface area contributed by atoms with E-state index in [1.54, 1.807) is 7.11 Å². The topological polar surface area (TPSA) is 49.8 Å². The van der Waals surface area contributed by atoms with E-state index in [2.05, 4.69) is 0 Å². The molecule has 1 atom stereocenters. The Balaban J connectivity index is 2.92. The molecule has 0 aromatic heterocycles. The molecule has 0 fully saturated rings. The van der Waals surface area contributed by atoms with Crippen LogP contribution in [0.2, 0.25) is 0 Å². The highest BCUT2D eigenvalue weighted by Crippen LogP contribution is 2.30. The molecule has 0 heterocycles. The van der Waals surface area contributed by atoms with Crippen molar-refractivity contribution in [3.8, 4) is 5.75 Å². The second-order valence-electron chi connectivity index (χ2n) is 4.15. The van der Waals surface area contributed by atoms with E-state index in [9.17, 15) is 4.79 Å². The Bertz CT molecular complexity index is 377. The van der Waals surface area contributed by atoms with Crippen molar-refractivity contribution in [3.63, 3.8) is 0 Å². The summed E-state index contributed by atoms with van der Waals surface area (Å²) in [5.74, 6) is 0.0309. The molecule has 94 valence electrons. The summed E-state index contributed by atoms with van der Waals surface area (Å²) in [6.45, 7) is 0. The summed E-state index contributed by atoms with van der Waals surface area (Å²) >= 11 is 0. The fourth-order valence-corrected chi connectivity index (χ4v) is 1.89. The second-order valence-corrected chi connectivity index (χ2v) is 4.15. The molecule has 0 aliphatic heterocycles. The van der Waals surface area contributed by atoms with Crippen molar-refractivity contribution in [1.82, 2.24) is 4.90 Å². The lowest BCUT2D eigenvalue weighted by Crippen LogP contribution is -2.21. The molecule has 0 bridgehead atoms. The molecule has 0 amide bonds. The fourth-order valence-electron chi connectivity index (χ4n) is 1.89. The monoisotopic (exact) mass is 237 g/mol. The number of carboxylic acid groups (broad SMARTS) is 1.